The molecule has 0 bridgehead atoms. The zero-order valence-electron chi connectivity index (χ0n) is 12.1. The summed E-state index contributed by atoms with van der Waals surface area (Å²) in [6.45, 7) is 2.36. The van der Waals surface area contributed by atoms with Gasteiger partial charge in [0, 0.05) is 19.7 Å². The Morgan fingerprint density at radius 2 is 2.00 bits per heavy atom. The molecule has 1 saturated heterocycles. The minimum absolute atomic E-state index is 0.0174. The van der Waals surface area contributed by atoms with Crippen molar-refractivity contribution in [3.63, 3.8) is 0 Å². The normalized spacial score (nSPS) is 21.4. The average molecular weight is 284 g/mol. The van der Waals surface area contributed by atoms with Crippen LogP contribution in [-0.4, -0.2) is 61.3 Å². The molecule has 0 atom stereocenters. The number of ether oxygens (including phenoxy) is 1. The summed E-state index contributed by atoms with van der Waals surface area (Å²) in [5, 5.41) is 12.1. The molecule has 1 amide bonds. The summed E-state index contributed by atoms with van der Waals surface area (Å²) < 4.78 is 5.29. The number of piperidine rings is 1. The molecule has 1 aliphatic carbocycles. The fourth-order valence-electron chi connectivity index (χ4n) is 2.96. The van der Waals surface area contributed by atoms with Crippen LogP contribution in [0, 0.1) is 5.41 Å². The molecule has 0 aromatic carbocycles. The van der Waals surface area contributed by atoms with Crippen LogP contribution in [0.25, 0.3) is 0 Å². The molecular weight excluding hydrogens is 260 g/mol. The van der Waals surface area contributed by atoms with E-state index < -0.39 is 11.4 Å². The molecular formula is C14H24N2O4. The number of rotatable bonds is 7. The summed E-state index contributed by atoms with van der Waals surface area (Å²) in [7, 11) is 1.62. The first-order valence-electron chi connectivity index (χ1n) is 7.31. The monoisotopic (exact) mass is 284 g/mol. The molecule has 2 fully saturated rings. The standard InChI is InChI=1S/C14H24N2O4/c1-20-10-14(5-7-15-8-6-14)13(19)16(11-2-3-11)9-4-12(17)18/h11,15H,2-10H2,1H3,(H,17,18). The lowest BCUT2D eigenvalue weighted by atomic mass is 9.78. The van der Waals surface area contributed by atoms with E-state index in [-0.39, 0.29) is 18.4 Å². The maximum Gasteiger partial charge on any atom is 0.305 e. The minimum Gasteiger partial charge on any atom is -0.481 e. The molecule has 20 heavy (non-hydrogen) atoms. The lowest BCUT2D eigenvalue weighted by Crippen LogP contribution is -2.52. The Bertz CT molecular complexity index is 357. The highest BCUT2D eigenvalue weighted by Crippen LogP contribution is 2.36. The number of carbonyl (C=O) groups is 2. The molecule has 2 N–H and O–H groups in total. The Hall–Kier alpha value is -1.14. The fourth-order valence-corrected chi connectivity index (χ4v) is 2.96. The predicted octanol–water partition coefficient (Wildman–Crippen LogP) is 0.468. The van der Waals surface area contributed by atoms with Gasteiger partial charge in [-0.05, 0) is 38.8 Å². The molecule has 0 aromatic heterocycles. The molecule has 2 rings (SSSR count). The Morgan fingerprint density at radius 3 is 2.50 bits per heavy atom. The van der Waals surface area contributed by atoms with Gasteiger partial charge in [-0.1, -0.05) is 0 Å². The largest absolute Gasteiger partial charge is 0.481 e. The van der Waals surface area contributed by atoms with E-state index in [0.717, 1.165) is 38.8 Å². The second kappa shape index (κ2) is 6.54. The predicted molar refractivity (Wildman–Crippen MR) is 73.4 cm³/mol. The summed E-state index contributed by atoms with van der Waals surface area (Å²) >= 11 is 0. The van der Waals surface area contributed by atoms with Crippen LogP contribution >= 0.6 is 0 Å². The van der Waals surface area contributed by atoms with Crippen molar-refractivity contribution in [2.75, 3.05) is 33.4 Å². The van der Waals surface area contributed by atoms with E-state index in [4.69, 9.17) is 9.84 Å². The Balaban J connectivity index is 2.08. The number of carboxylic acids is 1. The number of nitrogens with zero attached hydrogens (tertiary/aromatic N) is 1. The highest BCUT2D eigenvalue weighted by Gasteiger charge is 2.45. The summed E-state index contributed by atoms with van der Waals surface area (Å²) in [4.78, 5) is 25.5. The SMILES string of the molecule is COCC1(C(=O)N(CCC(=O)O)C2CC2)CCNCC1. The topological polar surface area (TPSA) is 78.9 Å². The Labute approximate surface area is 119 Å². The van der Waals surface area contributed by atoms with Gasteiger partial charge in [0.1, 0.15) is 0 Å². The Kier molecular flexibility index (Phi) is 4.99. The van der Waals surface area contributed by atoms with E-state index in [9.17, 15) is 9.59 Å². The van der Waals surface area contributed by atoms with Gasteiger partial charge < -0.3 is 20.1 Å². The number of amides is 1. The van der Waals surface area contributed by atoms with Crippen molar-refractivity contribution in [3.05, 3.63) is 0 Å². The second-order valence-electron chi connectivity index (χ2n) is 5.84. The quantitative estimate of drug-likeness (QED) is 0.710. The molecule has 2 aliphatic rings. The molecule has 1 heterocycles. The van der Waals surface area contributed by atoms with Crippen molar-refractivity contribution in [2.24, 2.45) is 5.41 Å². The average Bonchev–Trinajstić information content (AvgIpc) is 3.24. The van der Waals surface area contributed by atoms with E-state index in [2.05, 4.69) is 5.32 Å². The summed E-state index contributed by atoms with van der Waals surface area (Å²) in [6.07, 6.45) is 3.52. The first-order chi connectivity index (χ1) is 9.59. The lowest BCUT2D eigenvalue weighted by molar-refractivity contribution is -0.149. The third kappa shape index (κ3) is 3.49. The first kappa shape index (κ1) is 15.3. The maximum atomic E-state index is 12.9. The molecule has 0 spiro atoms. The molecule has 6 heteroatoms. The molecule has 1 saturated carbocycles. The van der Waals surface area contributed by atoms with Crippen LogP contribution in [0.15, 0.2) is 0 Å². The van der Waals surface area contributed by atoms with E-state index in [1.165, 1.54) is 0 Å². The van der Waals surface area contributed by atoms with Crippen molar-refractivity contribution in [3.8, 4) is 0 Å². The number of aliphatic carboxylic acids is 1. The third-order valence-electron chi connectivity index (χ3n) is 4.25. The van der Waals surface area contributed by atoms with E-state index in [1.54, 1.807) is 12.0 Å². The number of carbonyl (C=O) groups excluding carboxylic acids is 1. The van der Waals surface area contributed by atoms with E-state index in [0.29, 0.717) is 13.2 Å². The maximum absolute atomic E-state index is 12.9. The van der Waals surface area contributed by atoms with Crippen molar-refractivity contribution >= 4 is 11.9 Å². The van der Waals surface area contributed by atoms with Crippen LogP contribution in [-0.2, 0) is 14.3 Å². The van der Waals surface area contributed by atoms with Gasteiger partial charge >= 0.3 is 5.97 Å². The molecule has 0 unspecified atom stereocenters. The van der Waals surface area contributed by atoms with Crippen LogP contribution in [0.3, 0.4) is 0 Å². The summed E-state index contributed by atoms with van der Waals surface area (Å²) in [5.74, 6) is -0.765. The lowest BCUT2D eigenvalue weighted by Gasteiger charge is -2.39. The van der Waals surface area contributed by atoms with Crippen molar-refractivity contribution in [1.82, 2.24) is 10.2 Å². The highest BCUT2D eigenvalue weighted by atomic mass is 16.5. The van der Waals surface area contributed by atoms with Gasteiger partial charge in [0.05, 0.1) is 18.4 Å². The van der Waals surface area contributed by atoms with Gasteiger partial charge in [-0.25, -0.2) is 0 Å². The smallest absolute Gasteiger partial charge is 0.305 e. The van der Waals surface area contributed by atoms with Crippen molar-refractivity contribution in [2.45, 2.75) is 38.1 Å². The highest BCUT2D eigenvalue weighted by molar-refractivity contribution is 5.84. The first-order valence-corrected chi connectivity index (χ1v) is 7.31. The van der Waals surface area contributed by atoms with Gasteiger partial charge in [0.15, 0.2) is 0 Å². The van der Waals surface area contributed by atoms with E-state index >= 15 is 0 Å². The molecule has 114 valence electrons. The zero-order valence-corrected chi connectivity index (χ0v) is 12.1. The number of hydrogen-bond acceptors (Lipinski definition) is 4. The van der Waals surface area contributed by atoms with Crippen LogP contribution in [0.4, 0.5) is 0 Å². The van der Waals surface area contributed by atoms with E-state index in [1.807, 2.05) is 0 Å². The van der Waals surface area contributed by atoms with Crippen LogP contribution in [0.2, 0.25) is 0 Å². The number of nitrogens with one attached hydrogen (secondary N) is 1. The van der Waals surface area contributed by atoms with Crippen LogP contribution in [0.1, 0.15) is 32.1 Å². The third-order valence-corrected chi connectivity index (χ3v) is 4.25. The minimum atomic E-state index is -0.852. The molecule has 0 aromatic rings. The second-order valence-corrected chi connectivity index (χ2v) is 5.84. The van der Waals surface area contributed by atoms with Crippen LogP contribution < -0.4 is 5.32 Å². The number of methoxy groups -OCH3 is 1. The van der Waals surface area contributed by atoms with Gasteiger partial charge in [-0.2, -0.15) is 0 Å². The summed E-state index contributed by atoms with van der Waals surface area (Å²) in [5.41, 5.74) is -0.471. The number of hydrogen-bond donors (Lipinski definition) is 2. The van der Waals surface area contributed by atoms with Crippen molar-refractivity contribution < 1.29 is 19.4 Å². The number of carboxylic acid groups (broad SMARTS) is 1. The van der Waals surface area contributed by atoms with Gasteiger partial charge in [-0.3, -0.25) is 9.59 Å². The zero-order chi connectivity index (χ0) is 14.6. The van der Waals surface area contributed by atoms with Gasteiger partial charge in [-0.15, -0.1) is 0 Å². The molecule has 0 radical (unpaired) electrons. The molecule has 6 nitrogen and oxygen atoms in total. The molecule has 1 aliphatic heterocycles. The van der Waals surface area contributed by atoms with Crippen LogP contribution in [0.5, 0.6) is 0 Å². The van der Waals surface area contributed by atoms with Gasteiger partial charge in [0.2, 0.25) is 5.91 Å². The van der Waals surface area contributed by atoms with Crippen molar-refractivity contribution in [1.29, 1.82) is 0 Å². The Morgan fingerprint density at radius 1 is 1.35 bits per heavy atom. The summed E-state index contributed by atoms with van der Waals surface area (Å²) in [6, 6.07) is 0.241. The fraction of sp³-hybridized carbons (Fsp3) is 0.857. The van der Waals surface area contributed by atoms with Gasteiger partial charge in [0.25, 0.3) is 0 Å².